The minimum absolute atomic E-state index is 0.112. The Morgan fingerprint density at radius 3 is 2.57 bits per heavy atom. The van der Waals surface area contributed by atoms with Crippen molar-refractivity contribution in [3.8, 4) is 16.9 Å². The number of furan rings is 1. The Kier molecular flexibility index (Phi) is 4.33. The highest BCUT2D eigenvalue weighted by Crippen LogP contribution is 2.36. The zero-order valence-corrected chi connectivity index (χ0v) is 13.2. The molecule has 3 rings (SSSR count). The van der Waals surface area contributed by atoms with Crippen LogP contribution < -0.4 is 4.74 Å². The number of carbonyl (C=O) groups is 1. The Hall–Kier alpha value is -2.75. The fraction of sp³-hybridized carbons (Fsp3) is 0.211. The fourth-order valence-electron chi connectivity index (χ4n) is 2.46. The summed E-state index contributed by atoms with van der Waals surface area (Å²) in [5.74, 6) is 0.0289. The van der Waals surface area contributed by atoms with Gasteiger partial charge in [-0.25, -0.2) is 4.79 Å². The molecular weight excluding hydrogens is 292 g/mol. The van der Waals surface area contributed by atoms with Crippen molar-refractivity contribution >= 4 is 16.9 Å². The molecule has 3 aromatic rings. The zero-order chi connectivity index (χ0) is 16.2. The van der Waals surface area contributed by atoms with E-state index in [1.54, 1.807) is 0 Å². The summed E-state index contributed by atoms with van der Waals surface area (Å²) in [6.07, 6.45) is 0.839. The van der Waals surface area contributed by atoms with Crippen LogP contribution in [0.2, 0.25) is 0 Å². The molecule has 0 radical (unpaired) electrons. The Balaban J connectivity index is 2.14. The largest absolute Gasteiger partial charge is 0.489 e. The summed E-state index contributed by atoms with van der Waals surface area (Å²) >= 11 is 0. The maximum absolute atomic E-state index is 11.9. The van der Waals surface area contributed by atoms with Crippen molar-refractivity contribution in [2.45, 2.75) is 13.3 Å². The van der Waals surface area contributed by atoms with E-state index in [4.69, 9.17) is 13.9 Å². The summed E-state index contributed by atoms with van der Waals surface area (Å²) in [5.41, 5.74) is 2.74. The standard InChI is InChI=1S/C19H18O4/c1-3-11-22-17-15-12-14(13-7-5-4-6-8-13)9-10-16(15)23-18(17)19(20)21-2/h4-10,12H,3,11H2,1-2H3. The molecule has 0 fully saturated rings. The first-order chi connectivity index (χ1) is 11.2. The van der Waals surface area contributed by atoms with Crippen molar-refractivity contribution in [2.75, 3.05) is 13.7 Å². The first-order valence-electron chi connectivity index (χ1n) is 7.57. The Morgan fingerprint density at radius 1 is 1.09 bits per heavy atom. The lowest BCUT2D eigenvalue weighted by Crippen LogP contribution is -2.04. The highest BCUT2D eigenvalue weighted by atomic mass is 16.5. The van der Waals surface area contributed by atoms with E-state index in [0.717, 1.165) is 22.9 Å². The van der Waals surface area contributed by atoms with Gasteiger partial charge in [-0.3, -0.25) is 0 Å². The number of rotatable bonds is 5. The van der Waals surface area contributed by atoms with Gasteiger partial charge in [0.25, 0.3) is 5.76 Å². The average molecular weight is 310 g/mol. The van der Waals surface area contributed by atoms with E-state index in [9.17, 15) is 4.79 Å². The molecule has 2 aromatic carbocycles. The Labute approximate surface area is 134 Å². The lowest BCUT2D eigenvalue weighted by atomic mass is 10.0. The van der Waals surface area contributed by atoms with E-state index in [2.05, 4.69) is 0 Å². The Bertz CT molecular complexity index is 818. The van der Waals surface area contributed by atoms with Crippen molar-refractivity contribution in [2.24, 2.45) is 0 Å². The number of ether oxygens (including phenoxy) is 2. The molecule has 23 heavy (non-hydrogen) atoms. The highest BCUT2D eigenvalue weighted by Gasteiger charge is 2.23. The van der Waals surface area contributed by atoms with Gasteiger partial charge in [0, 0.05) is 0 Å². The van der Waals surface area contributed by atoms with E-state index in [1.807, 2.05) is 55.5 Å². The van der Waals surface area contributed by atoms with E-state index in [-0.39, 0.29) is 5.76 Å². The minimum Gasteiger partial charge on any atom is -0.489 e. The van der Waals surface area contributed by atoms with Crippen LogP contribution in [0.15, 0.2) is 52.9 Å². The SMILES string of the molecule is CCCOc1c(C(=O)OC)oc2ccc(-c3ccccc3)cc12. The van der Waals surface area contributed by atoms with Crippen LogP contribution in [0.3, 0.4) is 0 Å². The molecule has 0 N–H and O–H groups in total. The third-order valence-electron chi connectivity index (χ3n) is 3.57. The van der Waals surface area contributed by atoms with Crippen LogP contribution in [-0.2, 0) is 4.74 Å². The molecule has 0 aliphatic carbocycles. The van der Waals surface area contributed by atoms with Gasteiger partial charge in [0.15, 0.2) is 5.75 Å². The van der Waals surface area contributed by atoms with Crippen molar-refractivity contribution in [1.29, 1.82) is 0 Å². The van der Waals surface area contributed by atoms with E-state index >= 15 is 0 Å². The molecule has 1 heterocycles. The molecular formula is C19H18O4. The quantitative estimate of drug-likeness (QED) is 0.642. The van der Waals surface area contributed by atoms with Gasteiger partial charge in [-0.1, -0.05) is 43.3 Å². The van der Waals surface area contributed by atoms with Gasteiger partial charge in [0.2, 0.25) is 0 Å². The molecule has 0 aliphatic heterocycles. The average Bonchev–Trinajstić information content (AvgIpc) is 2.97. The summed E-state index contributed by atoms with van der Waals surface area (Å²) < 4.78 is 16.2. The third-order valence-corrected chi connectivity index (χ3v) is 3.57. The van der Waals surface area contributed by atoms with Crippen LogP contribution in [0.4, 0.5) is 0 Å². The number of hydrogen-bond acceptors (Lipinski definition) is 4. The summed E-state index contributed by atoms with van der Waals surface area (Å²) in [6, 6.07) is 15.8. The summed E-state index contributed by atoms with van der Waals surface area (Å²) in [4.78, 5) is 11.9. The number of carbonyl (C=O) groups excluding carboxylic acids is 1. The van der Waals surface area contributed by atoms with Gasteiger partial charge in [-0.2, -0.15) is 0 Å². The van der Waals surface area contributed by atoms with Crippen LogP contribution in [0.5, 0.6) is 5.75 Å². The molecule has 4 heteroatoms. The molecule has 118 valence electrons. The second kappa shape index (κ2) is 6.57. The number of fused-ring (bicyclic) bond motifs is 1. The number of methoxy groups -OCH3 is 1. The first kappa shape index (κ1) is 15.2. The first-order valence-corrected chi connectivity index (χ1v) is 7.57. The number of benzene rings is 2. The maximum atomic E-state index is 11.9. The van der Waals surface area contributed by atoms with Gasteiger partial charge in [0.1, 0.15) is 5.58 Å². The molecule has 0 saturated carbocycles. The summed E-state index contributed by atoms with van der Waals surface area (Å²) in [6.45, 7) is 2.52. The topological polar surface area (TPSA) is 48.7 Å². The lowest BCUT2D eigenvalue weighted by Gasteiger charge is -2.05. The monoisotopic (exact) mass is 310 g/mol. The van der Waals surface area contributed by atoms with Gasteiger partial charge in [0.05, 0.1) is 19.1 Å². The van der Waals surface area contributed by atoms with Gasteiger partial charge in [-0.05, 0) is 29.7 Å². The van der Waals surface area contributed by atoms with Crippen LogP contribution in [0.25, 0.3) is 22.1 Å². The fourth-order valence-corrected chi connectivity index (χ4v) is 2.46. The van der Waals surface area contributed by atoms with E-state index < -0.39 is 5.97 Å². The van der Waals surface area contributed by atoms with Gasteiger partial charge >= 0.3 is 5.97 Å². The van der Waals surface area contributed by atoms with E-state index in [1.165, 1.54) is 7.11 Å². The molecule has 0 atom stereocenters. The summed E-state index contributed by atoms with van der Waals surface area (Å²) in [7, 11) is 1.33. The van der Waals surface area contributed by atoms with Gasteiger partial charge < -0.3 is 13.9 Å². The van der Waals surface area contributed by atoms with Crippen molar-refractivity contribution in [3.05, 3.63) is 54.3 Å². The third kappa shape index (κ3) is 2.93. The van der Waals surface area contributed by atoms with Crippen molar-refractivity contribution in [1.82, 2.24) is 0 Å². The molecule has 0 unspecified atom stereocenters. The minimum atomic E-state index is -0.534. The molecule has 4 nitrogen and oxygen atoms in total. The predicted molar refractivity (Wildman–Crippen MR) is 88.8 cm³/mol. The molecule has 0 bridgehead atoms. The predicted octanol–water partition coefficient (Wildman–Crippen LogP) is 4.68. The van der Waals surface area contributed by atoms with Crippen LogP contribution in [-0.4, -0.2) is 19.7 Å². The van der Waals surface area contributed by atoms with Crippen molar-refractivity contribution in [3.63, 3.8) is 0 Å². The molecule has 1 aromatic heterocycles. The second-order valence-electron chi connectivity index (χ2n) is 5.18. The van der Waals surface area contributed by atoms with Crippen LogP contribution in [0.1, 0.15) is 23.9 Å². The number of hydrogen-bond donors (Lipinski definition) is 0. The highest BCUT2D eigenvalue weighted by molar-refractivity contribution is 6.00. The molecule has 0 saturated heterocycles. The zero-order valence-electron chi connectivity index (χ0n) is 13.2. The number of esters is 1. The lowest BCUT2D eigenvalue weighted by molar-refractivity contribution is 0.0561. The molecule has 0 spiro atoms. The smallest absolute Gasteiger partial charge is 0.377 e. The molecule has 0 amide bonds. The van der Waals surface area contributed by atoms with Crippen molar-refractivity contribution < 1.29 is 18.7 Å². The maximum Gasteiger partial charge on any atom is 0.377 e. The van der Waals surface area contributed by atoms with Crippen LogP contribution in [0, 0.1) is 0 Å². The second-order valence-corrected chi connectivity index (χ2v) is 5.18. The Morgan fingerprint density at radius 2 is 1.87 bits per heavy atom. The summed E-state index contributed by atoms with van der Waals surface area (Å²) in [5, 5.41) is 0.778. The van der Waals surface area contributed by atoms with Crippen LogP contribution >= 0.6 is 0 Å². The molecule has 0 aliphatic rings. The van der Waals surface area contributed by atoms with E-state index in [0.29, 0.717) is 17.9 Å². The normalized spacial score (nSPS) is 10.7. The van der Waals surface area contributed by atoms with Gasteiger partial charge in [-0.15, -0.1) is 0 Å².